The molecule has 0 rings (SSSR count). The van der Waals surface area contributed by atoms with Crippen LogP contribution in [-0.2, 0) is 28.6 Å². The van der Waals surface area contributed by atoms with E-state index in [1.54, 1.807) is 0 Å². The van der Waals surface area contributed by atoms with E-state index in [2.05, 4.69) is 34.6 Å². The molecule has 0 aromatic carbocycles. The fourth-order valence-corrected chi connectivity index (χ4v) is 8.84. The van der Waals surface area contributed by atoms with Crippen molar-refractivity contribution in [3.8, 4) is 0 Å². The predicted octanol–water partition coefficient (Wildman–Crippen LogP) is 18.9. The molecular formula is C58H112O6. The summed E-state index contributed by atoms with van der Waals surface area (Å²) in [4.78, 5) is 38.1. The van der Waals surface area contributed by atoms with Gasteiger partial charge in [-0.1, -0.05) is 285 Å². The van der Waals surface area contributed by atoms with Crippen LogP contribution in [0.1, 0.15) is 324 Å². The molecule has 0 saturated heterocycles. The second kappa shape index (κ2) is 50.8. The molecule has 0 heterocycles. The molecule has 0 fully saturated rings. The molecular weight excluding hydrogens is 793 g/mol. The zero-order valence-corrected chi connectivity index (χ0v) is 43.9. The van der Waals surface area contributed by atoms with Crippen LogP contribution in [0.3, 0.4) is 0 Å². The summed E-state index contributed by atoms with van der Waals surface area (Å²) in [6.45, 7) is 11.4. The Kier molecular flexibility index (Phi) is 49.6. The summed E-state index contributed by atoms with van der Waals surface area (Å²) in [5.41, 5.74) is 0. The smallest absolute Gasteiger partial charge is 0.306 e. The first-order valence-electron chi connectivity index (χ1n) is 28.8. The normalized spacial score (nSPS) is 12.5. The lowest BCUT2D eigenvalue weighted by Gasteiger charge is -2.18. The second-order valence-corrected chi connectivity index (χ2v) is 20.6. The zero-order chi connectivity index (χ0) is 46.8. The SMILES string of the molecule is CCCCCCCCCCCCCCCCCCCCCC(=O)O[C@@H](COC(=O)CCCCCCCCCCCCCCC(C)C)COC(=O)CCCCCCCCCCC(C)CC. The van der Waals surface area contributed by atoms with Crippen LogP contribution in [0.5, 0.6) is 0 Å². The largest absolute Gasteiger partial charge is 0.462 e. The van der Waals surface area contributed by atoms with Crippen LogP contribution < -0.4 is 0 Å². The van der Waals surface area contributed by atoms with Gasteiger partial charge in [0.2, 0.25) is 0 Å². The third-order valence-corrected chi connectivity index (χ3v) is 13.6. The average molecular weight is 906 g/mol. The van der Waals surface area contributed by atoms with Crippen molar-refractivity contribution in [2.24, 2.45) is 11.8 Å². The molecule has 0 bridgehead atoms. The Morgan fingerprint density at radius 1 is 0.328 bits per heavy atom. The van der Waals surface area contributed by atoms with Gasteiger partial charge in [0, 0.05) is 19.3 Å². The number of rotatable bonds is 52. The molecule has 64 heavy (non-hydrogen) atoms. The summed E-state index contributed by atoms with van der Waals surface area (Å²) in [6.07, 6.45) is 53.8. The van der Waals surface area contributed by atoms with E-state index in [1.807, 2.05) is 0 Å². The molecule has 0 N–H and O–H groups in total. The molecule has 6 heteroatoms. The molecule has 0 aliphatic rings. The van der Waals surface area contributed by atoms with Crippen molar-refractivity contribution in [2.45, 2.75) is 330 Å². The van der Waals surface area contributed by atoms with Crippen molar-refractivity contribution >= 4 is 17.9 Å². The van der Waals surface area contributed by atoms with Crippen molar-refractivity contribution in [2.75, 3.05) is 13.2 Å². The number of ether oxygens (including phenoxy) is 3. The minimum Gasteiger partial charge on any atom is -0.462 e. The summed E-state index contributed by atoms with van der Waals surface area (Å²) in [5.74, 6) is 0.839. The average Bonchev–Trinajstić information content (AvgIpc) is 3.28. The lowest BCUT2D eigenvalue weighted by atomic mass is 9.99. The van der Waals surface area contributed by atoms with Crippen LogP contribution >= 0.6 is 0 Å². The molecule has 1 unspecified atom stereocenters. The number of unbranched alkanes of at least 4 members (excludes halogenated alkanes) is 36. The molecule has 0 saturated carbocycles. The maximum atomic E-state index is 12.8. The van der Waals surface area contributed by atoms with E-state index in [0.29, 0.717) is 19.3 Å². The van der Waals surface area contributed by atoms with Gasteiger partial charge in [-0.05, 0) is 31.1 Å². The molecule has 0 aromatic rings. The number of carbonyl (C=O) groups excluding carboxylic acids is 3. The predicted molar refractivity (Wildman–Crippen MR) is 275 cm³/mol. The fourth-order valence-electron chi connectivity index (χ4n) is 8.84. The van der Waals surface area contributed by atoms with Gasteiger partial charge in [0.15, 0.2) is 6.10 Å². The Bertz CT molecular complexity index is 980. The second-order valence-electron chi connectivity index (χ2n) is 20.6. The van der Waals surface area contributed by atoms with Gasteiger partial charge in [-0.3, -0.25) is 14.4 Å². The minimum absolute atomic E-state index is 0.0634. The van der Waals surface area contributed by atoms with E-state index in [9.17, 15) is 14.4 Å². The quantitative estimate of drug-likeness (QED) is 0.0344. The van der Waals surface area contributed by atoms with E-state index >= 15 is 0 Å². The number of hydrogen-bond acceptors (Lipinski definition) is 6. The van der Waals surface area contributed by atoms with Crippen LogP contribution in [0, 0.1) is 11.8 Å². The number of carbonyl (C=O) groups is 3. The van der Waals surface area contributed by atoms with Gasteiger partial charge in [-0.2, -0.15) is 0 Å². The molecule has 0 aromatic heterocycles. The highest BCUT2D eigenvalue weighted by Gasteiger charge is 2.19. The first-order chi connectivity index (χ1) is 31.3. The van der Waals surface area contributed by atoms with E-state index in [0.717, 1.165) is 69.6 Å². The Labute approximate surface area is 399 Å². The fraction of sp³-hybridized carbons (Fsp3) is 0.948. The van der Waals surface area contributed by atoms with Crippen LogP contribution in [0.2, 0.25) is 0 Å². The first-order valence-corrected chi connectivity index (χ1v) is 28.8. The molecule has 2 atom stereocenters. The van der Waals surface area contributed by atoms with Crippen molar-refractivity contribution in [3.63, 3.8) is 0 Å². The molecule has 0 spiro atoms. The maximum absolute atomic E-state index is 12.8. The van der Waals surface area contributed by atoms with Crippen LogP contribution in [-0.4, -0.2) is 37.2 Å². The number of hydrogen-bond donors (Lipinski definition) is 0. The molecule has 0 radical (unpaired) electrons. The van der Waals surface area contributed by atoms with E-state index in [-0.39, 0.29) is 31.1 Å². The van der Waals surface area contributed by atoms with Gasteiger partial charge < -0.3 is 14.2 Å². The van der Waals surface area contributed by atoms with Crippen LogP contribution in [0.4, 0.5) is 0 Å². The van der Waals surface area contributed by atoms with Gasteiger partial charge in [-0.15, -0.1) is 0 Å². The summed E-state index contributed by atoms with van der Waals surface area (Å²) in [5, 5.41) is 0. The van der Waals surface area contributed by atoms with Crippen molar-refractivity contribution in [1.29, 1.82) is 0 Å². The van der Waals surface area contributed by atoms with Gasteiger partial charge in [0.05, 0.1) is 0 Å². The Hall–Kier alpha value is -1.59. The third kappa shape index (κ3) is 49.8. The highest BCUT2D eigenvalue weighted by molar-refractivity contribution is 5.71. The van der Waals surface area contributed by atoms with Gasteiger partial charge in [0.25, 0.3) is 0 Å². The van der Waals surface area contributed by atoms with Crippen molar-refractivity contribution in [1.82, 2.24) is 0 Å². The molecule has 0 aliphatic carbocycles. The Balaban J connectivity index is 4.28. The lowest BCUT2D eigenvalue weighted by Crippen LogP contribution is -2.30. The molecule has 0 aliphatic heterocycles. The third-order valence-electron chi connectivity index (χ3n) is 13.6. The minimum atomic E-state index is -0.763. The highest BCUT2D eigenvalue weighted by Crippen LogP contribution is 2.18. The topological polar surface area (TPSA) is 78.9 Å². The van der Waals surface area contributed by atoms with Crippen molar-refractivity contribution in [3.05, 3.63) is 0 Å². The van der Waals surface area contributed by atoms with E-state index < -0.39 is 6.10 Å². The molecule has 0 amide bonds. The van der Waals surface area contributed by atoms with E-state index in [1.165, 1.54) is 212 Å². The monoisotopic (exact) mass is 905 g/mol. The molecule has 380 valence electrons. The van der Waals surface area contributed by atoms with Crippen LogP contribution in [0.25, 0.3) is 0 Å². The summed E-state index contributed by atoms with van der Waals surface area (Å²) < 4.78 is 16.9. The maximum Gasteiger partial charge on any atom is 0.306 e. The molecule has 6 nitrogen and oxygen atoms in total. The van der Waals surface area contributed by atoms with Crippen LogP contribution in [0.15, 0.2) is 0 Å². The summed E-state index contributed by atoms with van der Waals surface area (Å²) in [7, 11) is 0. The van der Waals surface area contributed by atoms with E-state index in [4.69, 9.17) is 14.2 Å². The van der Waals surface area contributed by atoms with Crippen molar-refractivity contribution < 1.29 is 28.6 Å². The Morgan fingerprint density at radius 3 is 0.891 bits per heavy atom. The summed E-state index contributed by atoms with van der Waals surface area (Å²) >= 11 is 0. The Morgan fingerprint density at radius 2 is 0.594 bits per heavy atom. The number of esters is 3. The van der Waals surface area contributed by atoms with Gasteiger partial charge in [-0.25, -0.2) is 0 Å². The van der Waals surface area contributed by atoms with Gasteiger partial charge in [0.1, 0.15) is 13.2 Å². The highest BCUT2D eigenvalue weighted by atomic mass is 16.6. The standard InChI is InChI=1S/C58H112O6/c1-6-8-9-10-11-12-13-14-15-16-17-18-19-20-25-28-35-40-45-50-58(61)64-55(52-63-57(60)49-44-39-34-30-29-32-37-42-47-54(5)7-2)51-62-56(59)48-43-38-33-27-24-22-21-23-26-31-36-41-46-53(3)4/h53-55H,6-52H2,1-5H3/t54?,55-/m0/s1. The zero-order valence-electron chi connectivity index (χ0n) is 43.9. The lowest BCUT2D eigenvalue weighted by molar-refractivity contribution is -0.167. The summed E-state index contributed by atoms with van der Waals surface area (Å²) in [6, 6.07) is 0. The van der Waals surface area contributed by atoms with Gasteiger partial charge >= 0.3 is 17.9 Å². The first kappa shape index (κ1) is 62.4.